The number of benzene rings is 1. The Balaban J connectivity index is 3.01. The van der Waals surface area contributed by atoms with Gasteiger partial charge in [-0.1, -0.05) is 36.7 Å². The van der Waals surface area contributed by atoms with Crippen LogP contribution in [0.1, 0.15) is 26.3 Å². The molecule has 0 radical (unpaired) electrons. The predicted molar refractivity (Wildman–Crippen MR) is 87.5 cm³/mol. The first-order valence-corrected chi connectivity index (χ1v) is 7.65. The number of hydrogen-bond acceptors (Lipinski definition) is 3. The van der Waals surface area contributed by atoms with E-state index in [1.807, 2.05) is 19.2 Å². The molecular weight excluding hydrogens is 318 g/mol. The van der Waals surface area contributed by atoms with Crippen LogP contribution in [0.3, 0.4) is 0 Å². The molecular formula is C16H26BrNO2. The Morgan fingerprint density at radius 2 is 1.90 bits per heavy atom. The molecule has 1 rings (SSSR count). The fourth-order valence-electron chi connectivity index (χ4n) is 2.63. The molecule has 2 atom stereocenters. The number of halogens is 1. The summed E-state index contributed by atoms with van der Waals surface area (Å²) in [6.45, 7) is 6.59. The summed E-state index contributed by atoms with van der Waals surface area (Å²) >= 11 is 3.52. The third kappa shape index (κ3) is 4.47. The smallest absolute Gasteiger partial charge is 0.122 e. The Hall–Kier alpha value is -0.580. The molecule has 114 valence electrons. The third-order valence-corrected chi connectivity index (χ3v) is 4.02. The minimum atomic E-state index is 0.0711. The molecule has 1 aromatic carbocycles. The lowest BCUT2D eigenvalue weighted by Gasteiger charge is -2.36. The van der Waals surface area contributed by atoms with Crippen molar-refractivity contribution < 1.29 is 9.47 Å². The molecule has 0 heterocycles. The van der Waals surface area contributed by atoms with Crippen LogP contribution in [0, 0.1) is 5.41 Å². The Kier molecular flexibility index (Phi) is 6.49. The number of rotatable bonds is 6. The zero-order valence-corrected chi connectivity index (χ0v) is 14.9. The van der Waals surface area contributed by atoms with Gasteiger partial charge < -0.3 is 14.8 Å². The van der Waals surface area contributed by atoms with Crippen LogP contribution >= 0.6 is 15.9 Å². The highest BCUT2D eigenvalue weighted by Crippen LogP contribution is 2.29. The maximum absolute atomic E-state index is 5.73. The van der Waals surface area contributed by atoms with Crippen LogP contribution in [0.25, 0.3) is 0 Å². The molecule has 0 aliphatic rings. The first kappa shape index (κ1) is 17.5. The van der Waals surface area contributed by atoms with Gasteiger partial charge in [0.25, 0.3) is 0 Å². The zero-order valence-electron chi connectivity index (χ0n) is 13.3. The van der Waals surface area contributed by atoms with Gasteiger partial charge in [0.15, 0.2) is 0 Å². The molecule has 4 heteroatoms. The normalized spacial score (nSPS) is 14.9. The molecule has 20 heavy (non-hydrogen) atoms. The van der Waals surface area contributed by atoms with Crippen molar-refractivity contribution in [2.24, 2.45) is 5.41 Å². The summed E-state index contributed by atoms with van der Waals surface area (Å²) in [6.07, 6.45) is 0.978. The minimum Gasteiger partial charge on any atom is -0.496 e. The summed E-state index contributed by atoms with van der Waals surface area (Å²) < 4.78 is 12.2. The van der Waals surface area contributed by atoms with Crippen molar-refractivity contribution >= 4 is 15.9 Å². The van der Waals surface area contributed by atoms with E-state index in [-0.39, 0.29) is 17.6 Å². The quantitative estimate of drug-likeness (QED) is 0.855. The van der Waals surface area contributed by atoms with Crippen LogP contribution in [0.15, 0.2) is 22.7 Å². The lowest BCUT2D eigenvalue weighted by Crippen LogP contribution is -2.47. The molecule has 0 amide bonds. The molecule has 0 spiro atoms. The molecule has 3 nitrogen and oxygen atoms in total. The zero-order chi connectivity index (χ0) is 15.3. The van der Waals surface area contributed by atoms with Crippen LogP contribution in [0.5, 0.6) is 5.75 Å². The Bertz CT molecular complexity index is 429. The van der Waals surface area contributed by atoms with Crippen LogP contribution < -0.4 is 10.1 Å². The average Bonchev–Trinajstić information content (AvgIpc) is 2.37. The highest BCUT2D eigenvalue weighted by molar-refractivity contribution is 9.10. The topological polar surface area (TPSA) is 30.5 Å². The van der Waals surface area contributed by atoms with Crippen molar-refractivity contribution in [3.8, 4) is 5.75 Å². The maximum Gasteiger partial charge on any atom is 0.122 e. The number of ether oxygens (including phenoxy) is 2. The molecule has 1 N–H and O–H groups in total. The van der Waals surface area contributed by atoms with Crippen molar-refractivity contribution in [3.63, 3.8) is 0 Å². The largest absolute Gasteiger partial charge is 0.496 e. The van der Waals surface area contributed by atoms with Gasteiger partial charge in [-0.3, -0.25) is 0 Å². The first-order chi connectivity index (χ1) is 9.33. The van der Waals surface area contributed by atoms with E-state index in [1.165, 1.54) is 5.56 Å². The number of hydrogen-bond donors (Lipinski definition) is 1. The molecule has 0 bridgehead atoms. The molecule has 0 saturated heterocycles. The van der Waals surface area contributed by atoms with Gasteiger partial charge in [0.1, 0.15) is 5.75 Å². The fraction of sp³-hybridized carbons (Fsp3) is 0.625. The van der Waals surface area contributed by atoms with Gasteiger partial charge in [-0.2, -0.15) is 0 Å². The summed E-state index contributed by atoms with van der Waals surface area (Å²) in [5.41, 5.74) is 1.24. The van der Waals surface area contributed by atoms with Crippen LogP contribution in [0.2, 0.25) is 0 Å². The van der Waals surface area contributed by atoms with Gasteiger partial charge in [-0.05, 0) is 42.6 Å². The first-order valence-electron chi connectivity index (χ1n) is 6.86. The Morgan fingerprint density at radius 3 is 2.35 bits per heavy atom. The second-order valence-corrected chi connectivity index (χ2v) is 6.99. The van der Waals surface area contributed by atoms with E-state index in [0.29, 0.717) is 0 Å². The number of nitrogens with one attached hydrogen (secondary N) is 1. The molecule has 1 aromatic rings. The lowest BCUT2D eigenvalue weighted by atomic mass is 9.82. The summed E-state index contributed by atoms with van der Waals surface area (Å²) in [5.74, 6) is 0.914. The summed E-state index contributed by atoms with van der Waals surface area (Å²) in [7, 11) is 5.46. The molecule has 0 aromatic heterocycles. The van der Waals surface area contributed by atoms with Crippen LogP contribution in [-0.4, -0.2) is 33.4 Å². The van der Waals surface area contributed by atoms with Crippen molar-refractivity contribution in [1.29, 1.82) is 0 Å². The van der Waals surface area contributed by atoms with Gasteiger partial charge >= 0.3 is 0 Å². The molecule has 0 aliphatic heterocycles. The van der Waals surface area contributed by atoms with E-state index in [0.717, 1.165) is 16.6 Å². The van der Waals surface area contributed by atoms with Crippen LogP contribution in [-0.2, 0) is 11.2 Å². The van der Waals surface area contributed by atoms with E-state index < -0.39 is 0 Å². The Morgan fingerprint density at radius 1 is 1.25 bits per heavy atom. The van der Waals surface area contributed by atoms with E-state index >= 15 is 0 Å². The van der Waals surface area contributed by atoms with Gasteiger partial charge in [-0.25, -0.2) is 0 Å². The molecule has 0 saturated carbocycles. The molecule has 2 unspecified atom stereocenters. The highest BCUT2D eigenvalue weighted by Gasteiger charge is 2.32. The molecule has 0 aliphatic carbocycles. The minimum absolute atomic E-state index is 0.0711. The highest BCUT2D eigenvalue weighted by atomic mass is 79.9. The van der Waals surface area contributed by atoms with Gasteiger partial charge in [-0.15, -0.1) is 0 Å². The predicted octanol–water partition coefficient (Wildman–Crippen LogP) is 3.65. The maximum atomic E-state index is 5.73. The van der Waals surface area contributed by atoms with E-state index in [9.17, 15) is 0 Å². The van der Waals surface area contributed by atoms with Gasteiger partial charge in [0.05, 0.1) is 13.2 Å². The fourth-order valence-corrected chi connectivity index (χ4v) is 3.03. The lowest BCUT2D eigenvalue weighted by molar-refractivity contribution is -0.00931. The standard InChI is InChI=1S/C16H26BrNO2/c1-16(2,3)15(20-6)13(18-4)10-11-9-12(17)7-8-14(11)19-5/h7-9,13,15,18H,10H2,1-6H3. The number of methoxy groups -OCH3 is 2. The third-order valence-electron chi connectivity index (χ3n) is 3.53. The summed E-state index contributed by atoms with van der Waals surface area (Å²) in [5, 5.41) is 3.38. The van der Waals surface area contributed by atoms with Gasteiger partial charge in [0.2, 0.25) is 0 Å². The van der Waals surface area contributed by atoms with Crippen molar-refractivity contribution in [2.45, 2.75) is 39.3 Å². The Labute approximate surface area is 131 Å². The molecule has 0 fully saturated rings. The van der Waals surface area contributed by atoms with Crippen molar-refractivity contribution in [1.82, 2.24) is 5.32 Å². The SMILES string of the molecule is CNC(Cc1cc(Br)ccc1OC)C(OC)C(C)(C)C. The summed E-state index contributed by atoms with van der Waals surface area (Å²) in [4.78, 5) is 0. The monoisotopic (exact) mass is 343 g/mol. The van der Waals surface area contributed by atoms with E-state index in [4.69, 9.17) is 9.47 Å². The van der Waals surface area contributed by atoms with Crippen LogP contribution in [0.4, 0.5) is 0 Å². The second kappa shape index (κ2) is 7.43. The average molecular weight is 344 g/mol. The van der Waals surface area contributed by atoms with Crippen molar-refractivity contribution in [2.75, 3.05) is 21.3 Å². The second-order valence-electron chi connectivity index (χ2n) is 6.08. The van der Waals surface area contributed by atoms with Crippen molar-refractivity contribution in [3.05, 3.63) is 28.2 Å². The van der Waals surface area contributed by atoms with E-state index in [2.05, 4.69) is 48.1 Å². The summed E-state index contributed by atoms with van der Waals surface area (Å²) in [6, 6.07) is 6.32. The van der Waals surface area contributed by atoms with E-state index in [1.54, 1.807) is 14.2 Å². The van der Waals surface area contributed by atoms with Gasteiger partial charge in [0, 0.05) is 17.6 Å². The number of likely N-dealkylation sites (N-methyl/N-ethyl adjacent to an activating group) is 1.